The molecular formula is C13H20N4O3. The van der Waals surface area contributed by atoms with E-state index in [2.05, 4.69) is 10.4 Å². The molecule has 1 aliphatic carbocycles. The molecule has 1 amide bonds. The molecule has 7 nitrogen and oxygen atoms in total. The van der Waals surface area contributed by atoms with Crippen LogP contribution in [0.15, 0.2) is 0 Å². The Morgan fingerprint density at radius 3 is 2.50 bits per heavy atom. The van der Waals surface area contributed by atoms with Crippen LogP contribution in [0.5, 0.6) is 0 Å². The van der Waals surface area contributed by atoms with Gasteiger partial charge in [-0.25, -0.2) is 0 Å². The Bertz CT molecular complexity index is 516. The van der Waals surface area contributed by atoms with Gasteiger partial charge in [0.05, 0.1) is 4.92 Å². The normalized spacial score (nSPS) is 16.7. The lowest BCUT2D eigenvalue weighted by Crippen LogP contribution is -2.35. The highest BCUT2D eigenvalue weighted by Gasteiger charge is 2.30. The van der Waals surface area contributed by atoms with Crippen LogP contribution in [-0.2, 0) is 7.05 Å². The van der Waals surface area contributed by atoms with Crippen molar-refractivity contribution in [3.63, 3.8) is 0 Å². The van der Waals surface area contributed by atoms with Gasteiger partial charge in [0.1, 0.15) is 5.69 Å². The van der Waals surface area contributed by atoms with Gasteiger partial charge in [0.25, 0.3) is 5.91 Å². The number of aryl methyl sites for hydroxylation is 1. The smallest absolute Gasteiger partial charge is 0.322 e. The summed E-state index contributed by atoms with van der Waals surface area (Å²) in [5.74, 6) is -0.438. The fraction of sp³-hybridized carbons (Fsp3) is 0.692. The van der Waals surface area contributed by atoms with Crippen LogP contribution in [0.4, 0.5) is 5.69 Å². The summed E-state index contributed by atoms with van der Waals surface area (Å²) < 4.78 is 1.38. The van der Waals surface area contributed by atoms with E-state index in [4.69, 9.17) is 0 Å². The topological polar surface area (TPSA) is 90.1 Å². The van der Waals surface area contributed by atoms with E-state index in [1.807, 2.05) is 0 Å². The summed E-state index contributed by atoms with van der Waals surface area (Å²) in [6.45, 7) is 1.59. The van der Waals surface area contributed by atoms with Crippen LogP contribution in [0.1, 0.15) is 54.7 Å². The van der Waals surface area contributed by atoms with Gasteiger partial charge in [0.2, 0.25) is 5.69 Å². The highest BCUT2D eigenvalue weighted by molar-refractivity contribution is 5.96. The third-order valence-electron chi connectivity index (χ3n) is 3.89. The predicted molar refractivity (Wildman–Crippen MR) is 73.6 cm³/mol. The molecule has 1 aliphatic rings. The number of rotatable bonds is 3. The molecule has 2 rings (SSSR count). The molecule has 1 heterocycles. The molecule has 110 valence electrons. The molecule has 0 bridgehead atoms. The summed E-state index contributed by atoms with van der Waals surface area (Å²) >= 11 is 0. The molecule has 0 radical (unpaired) electrons. The zero-order valence-corrected chi connectivity index (χ0v) is 11.9. The van der Waals surface area contributed by atoms with Gasteiger partial charge in [0, 0.05) is 13.1 Å². The van der Waals surface area contributed by atoms with Crippen LogP contribution in [0.2, 0.25) is 0 Å². The first-order valence-corrected chi connectivity index (χ1v) is 6.99. The van der Waals surface area contributed by atoms with Gasteiger partial charge in [-0.1, -0.05) is 25.7 Å². The van der Waals surface area contributed by atoms with E-state index >= 15 is 0 Å². The maximum atomic E-state index is 12.2. The molecule has 0 spiro atoms. The first-order chi connectivity index (χ1) is 9.50. The minimum Gasteiger partial charge on any atom is -0.348 e. The summed E-state index contributed by atoms with van der Waals surface area (Å²) in [6.07, 6.45) is 6.43. The fourth-order valence-electron chi connectivity index (χ4n) is 2.65. The molecule has 1 saturated carbocycles. The SMILES string of the molecule is Cc1c([N+](=O)[O-])c(C(=O)NC2CCCCCC2)nn1C. The van der Waals surface area contributed by atoms with E-state index in [-0.39, 0.29) is 17.4 Å². The molecule has 1 aromatic rings. The predicted octanol–water partition coefficient (Wildman–Crippen LogP) is 2.09. The van der Waals surface area contributed by atoms with Crippen molar-refractivity contribution >= 4 is 11.6 Å². The molecule has 1 aromatic heterocycles. The lowest BCUT2D eigenvalue weighted by atomic mass is 10.1. The van der Waals surface area contributed by atoms with Crippen LogP contribution in [0.25, 0.3) is 0 Å². The largest absolute Gasteiger partial charge is 0.348 e. The van der Waals surface area contributed by atoms with Crippen LogP contribution in [0, 0.1) is 17.0 Å². The monoisotopic (exact) mass is 280 g/mol. The minimum absolute atomic E-state index is 0.0840. The Labute approximate surface area is 117 Å². The molecule has 0 aliphatic heterocycles. The third kappa shape index (κ3) is 2.97. The number of amides is 1. The summed E-state index contributed by atoms with van der Waals surface area (Å²) in [5, 5.41) is 18.0. The van der Waals surface area contributed by atoms with Crippen molar-refractivity contribution in [1.29, 1.82) is 0 Å². The van der Waals surface area contributed by atoms with Crippen LogP contribution in [-0.4, -0.2) is 26.7 Å². The summed E-state index contributed by atoms with van der Waals surface area (Å²) in [4.78, 5) is 22.8. The van der Waals surface area contributed by atoms with Crippen molar-refractivity contribution in [3.05, 3.63) is 21.5 Å². The van der Waals surface area contributed by atoms with E-state index in [9.17, 15) is 14.9 Å². The van der Waals surface area contributed by atoms with Crippen molar-refractivity contribution in [2.24, 2.45) is 7.05 Å². The zero-order chi connectivity index (χ0) is 14.7. The molecule has 0 unspecified atom stereocenters. The van der Waals surface area contributed by atoms with Crippen molar-refractivity contribution in [2.75, 3.05) is 0 Å². The number of aromatic nitrogens is 2. The number of carbonyl (C=O) groups excluding carboxylic acids is 1. The number of carbonyl (C=O) groups is 1. The van der Waals surface area contributed by atoms with Gasteiger partial charge in [0.15, 0.2) is 0 Å². The quantitative estimate of drug-likeness (QED) is 0.521. The van der Waals surface area contributed by atoms with Crippen LogP contribution in [0.3, 0.4) is 0 Å². The molecule has 1 N–H and O–H groups in total. The number of hydrogen-bond donors (Lipinski definition) is 1. The Morgan fingerprint density at radius 1 is 1.35 bits per heavy atom. The highest BCUT2D eigenvalue weighted by Crippen LogP contribution is 2.23. The van der Waals surface area contributed by atoms with Crippen molar-refractivity contribution in [2.45, 2.75) is 51.5 Å². The first kappa shape index (κ1) is 14.5. The van der Waals surface area contributed by atoms with E-state index in [0.29, 0.717) is 5.69 Å². The molecule has 0 aromatic carbocycles. The van der Waals surface area contributed by atoms with Gasteiger partial charge in [-0.15, -0.1) is 0 Å². The standard InChI is InChI=1S/C13H20N4O3/c1-9-12(17(19)20)11(15-16(9)2)13(18)14-10-7-5-3-4-6-8-10/h10H,3-8H2,1-2H3,(H,14,18). The van der Waals surface area contributed by atoms with E-state index in [1.165, 1.54) is 17.5 Å². The van der Waals surface area contributed by atoms with Gasteiger partial charge in [-0.05, 0) is 19.8 Å². The second kappa shape index (κ2) is 6.02. The summed E-state index contributed by atoms with van der Waals surface area (Å²) in [7, 11) is 1.60. The Morgan fingerprint density at radius 2 is 1.95 bits per heavy atom. The van der Waals surface area contributed by atoms with Gasteiger partial charge in [-0.2, -0.15) is 5.10 Å². The fourth-order valence-corrected chi connectivity index (χ4v) is 2.65. The van der Waals surface area contributed by atoms with Crippen molar-refractivity contribution in [1.82, 2.24) is 15.1 Å². The maximum absolute atomic E-state index is 12.2. The second-order valence-corrected chi connectivity index (χ2v) is 5.33. The zero-order valence-electron chi connectivity index (χ0n) is 11.9. The van der Waals surface area contributed by atoms with E-state index in [1.54, 1.807) is 14.0 Å². The Balaban J connectivity index is 2.16. The van der Waals surface area contributed by atoms with Crippen molar-refractivity contribution in [3.8, 4) is 0 Å². The maximum Gasteiger partial charge on any atom is 0.322 e. The number of nitro groups is 1. The summed E-state index contributed by atoms with van der Waals surface area (Å²) in [6, 6.07) is 0.104. The van der Waals surface area contributed by atoms with E-state index in [0.717, 1.165) is 25.7 Å². The minimum atomic E-state index is -0.537. The van der Waals surface area contributed by atoms with Crippen LogP contribution >= 0.6 is 0 Å². The number of nitrogens with zero attached hydrogens (tertiary/aromatic N) is 3. The second-order valence-electron chi connectivity index (χ2n) is 5.33. The molecule has 20 heavy (non-hydrogen) atoms. The van der Waals surface area contributed by atoms with Crippen LogP contribution < -0.4 is 5.32 Å². The average molecular weight is 280 g/mol. The van der Waals surface area contributed by atoms with Gasteiger partial charge >= 0.3 is 5.69 Å². The number of nitrogens with one attached hydrogen (secondary N) is 1. The first-order valence-electron chi connectivity index (χ1n) is 6.99. The van der Waals surface area contributed by atoms with E-state index < -0.39 is 10.8 Å². The molecular weight excluding hydrogens is 260 g/mol. The Hall–Kier alpha value is -1.92. The third-order valence-corrected chi connectivity index (χ3v) is 3.89. The van der Waals surface area contributed by atoms with Gasteiger partial charge < -0.3 is 5.32 Å². The molecule has 7 heteroatoms. The van der Waals surface area contributed by atoms with Crippen molar-refractivity contribution < 1.29 is 9.72 Å². The molecule has 1 fully saturated rings. The average Bonchev–Trinajstić information content (AvgIpc) is 2.56. The molecule has 0 saturated heterocycles. The Kier molecular flexibility index (Phi) is 4.36. The summed E-state index contributed by atoms with van der Waals surface area (Å²) in [5.41, 5.74) is 0.110. The highest BCUT2D eigenvalue weighted by atomic mass is 16.6. The lowest BCUT2D eigenvalue weighted by molar-refractivity contribution is -0.385. The lowest BCUT2D eigenvalue weighted by Gasteiger charge is -2.14. The van der Waals surface area contributed by atoms with Gasteiger partial charge in [-0.3, -0.25) is 19.6 Å². The molecule has 0 atom stereocenters. The number of hydrogen-bond acceptors (Lipinski definition) is 4.